The first-order valence-electron chi connectivity index (χ1n) is 8.43. The van der Waals surface area contributed by atoms with Gasteiger partial charge < -0.3 is 14.8 Å². The summed E-state index contributed by atoms with van der Waals surface area (Å²) in [7, 11) is 1.64. The van der Waals surface area contributed by atoms with Crippen LogP contribution in [-0.4, -0.2) is 7.11 Å². The summed E-state index contributed by atoms with van der Waals surface area (Å²) in [5.74, 6) is 1.34. The highest BCUT2D eigenvalue weighted by Gasteiger charge is 2.11. The minimum absolute atomic E-state index is 0.475. The van der Waals surface area contributed by atoms with E-state index in [9.17, 15) is 0 Å². The van der Waals surface area contributed by atoms with Crippen molar-refractivity contribution >= 4 is 22.9 Å². The van der Waals surface area contributed by atoms with E-state index in [2.05, 4.69) is 54.0 Å². The first-order chi connectivity index (χ1) is 12.7. The zero-order chi connectivity index (χ0) is 18.4. The van der Waals surface area contributed by atoms with E-state index in [1.54, 1.807) is 18.4 Å². The van der Waals surface area contributed by atoms with Gasteiger partial charge in [-0.2, -0.15) is 0 Å². The Kier molecular flexibility index (Phi) is 6.56. The van der Waals surface area contributed by atoms with Crippen molar-refractivity contribution < 1.29 is 9.47 Å². The monoisotopic (exact) mass is 387 g/mol. The van der Waals surface area contributed by atoms with Crippen molar-refractivity contribution in [3.63, 3.8) is 0 Å². The number of ether oxygens (including phenoxy) is 2. The number of hydrogen-bond acceptors (Lipinski definition) is 4. The summed E-state index contributed by atoms with van der Waals surface area (Å²) in [5, 5.41) is 6.15. The van der Waals surface area contributed by atoms with Crippen molar-refractivity contribution in [1.82, 2.24) is 5.32 Å². The van der Waals surface area contributed by atoms with Crippen molar-refractivity contribution in [2.45, 2.75) is 26.6 Å². The second-order valence-corrected chi connectivity index (χ2v) is 7.49. The SMILES string of the molecule is COc1cc(CNCc2cccs2)c(Cl)cc1OCc1ccc(C)cc1. The van der Waals surface area contributed by atoms with E-state index in [-0.39, 0.29) is 0 Å². The molecule has 0 radical (unpaired) electrons. The fourth-order valence-corrected chi connectivity index (χ4v) is 3.46. The van der Waals surface area contributed by atoms with Crippen LogP contribution in [0, 0.1) is 6.92 Å². The van der Waals surface area contributed by atoms with E-state index in [0.29, 0.717) is 29.7 Å². The summed E-state index contributed by atoms with van der Waals surface area (Å²) in [6.45, 7) is 4.04. The molecule has 3 nitrogen and oxygen atoms in total. The largest absolute Gasteiger partial charge is 0.493 e. The highest BCUT2D eigenvalue weighted by Crippen LogP contribution is 2.34. The lowest BCUT2D eigenvalue weighted by Gasteiger charge is -2.14. The van der Waals surface area contributed by atoms with Crippen LogP contribution in [0.2, 0.25) is 5.02 Å². The molecule has 26 heavy (non-hydrogen) atoms. The third-order valence-corrected chi connectivity index (χ3v) is 5.27. The molecule has 0 aliphatic carbocycles. The van der Waals surface area contributed by atoms with Crippen LogP contribution < -0.4 is 14.8 Å². The molecule has 0 bridgehead atoms. The molecule has 0 saturated heterocycles. The van der Waals surface area contributed by atoms with E-state index in [4.69, 9.17) is 21.1 Å². The molecule has 136 valence electrons. The second kappa shape index (κ2) is 9.08. The van der Waals surface area contributed by atoms with Gasteiger partial charge in [-0.25, -0.2) is 0 Å². The molecule has 0 aliphatic rings. The van der Waals surface area contributed by atoms with Gasteiger partial charge in [-0.1, -0.05) is 47.5 Å². The molecule has 3 aromatic rings. The number of hydrogen-bond donors (Lipinski definition) is 1. The lowest BCUT2D eigenvalue weighted by Crippen LogP contribution is -2.12. The highest BCUT2D eigenvalue weighted by atomic mass is 35.5. The van der Waals surface area contributed by atoms with Crippen LogP contribution in [0.25, 0.3) is 0 Å². The highest BCUT2D eigenvalue weighted by molar-refractivity contribution is 7.09. The molecular weight excluding hydrogens is 366 g/mol. The van der Waals surface area contributed by atoms with Crippen LogP contribution in [0.5, 0.6) is 11.5 Å². The van der Waals surface area contributed by atoms with E-state index >= 15 is 0 Å². The summed E-state index contributed by atoms with van der Waals surface area (Å²) >= 11 is 8.19. The molecule has 0 saturated carbocycles. The van der Waals surface area contributed by atoms with Crippen LogP contribution in [-0.2, 0) is 19.7 Å². The average molecular weight is 388 g/mol. The molecule has 5 heteroatoms. The Hall–Kier alpha value is -2.01. The molecule has 0 spiro atoms. The molecule has 3 rings (SSSR count). The minimum Gasteiger partial charge on any atom is -0.493 e. The van der Waals surface area contributed by atoms with Gasteiger partial charge in [-0.3, -0.25) is 0 Å². The number of halogens is 1. The number of thiophene rings is 1. The zero-order valence-corrected chi connectivity index (χ0v) is 16.5. The van der Waals surface area contributed by atoms with Crippen LogP contribution >= 0.6 is 22.9 Å². The van der Waals surface area contributed by atoms with Crippen molar-refractivity contribution in [2.75, 3.05) is 7.11 Å². The fourth-order valence-electron chi connectivity index (χ4n) is 2.56. The molecule has 2 aromatic carbocycles. The first kappa shape index (κ1) is 18.8. The van der Waals surface area contributed by atoms with E-state index in [0.717, 1.165) is 17.7 Å². The van der Waals surface area contributed by atoms with E-state index < -0.39 is 0 Å². The fraction of sp³-hybridized carbons (Fsp3) is 0.238. The summed E-state index contributed by atoms with van der Waals surface area (Å²) in [4.78, 5) is 1.30. The molecule has 1 heterocycles. The van der Waals surface area contributed by atoms with E-state index in [1.165, 1.54) is 10.4 Å². The Morgan fingerprint density at radius 3 is 2.54 bits per heavy atom. The normalized spacial score (nSPS) is 10.7. The molecule has 1 aromatic heterocycles. The lowest BCUT2D eigenvalue weighted by atomic mass is 10.1. The van der Waals surface area contributed by atoms with Gasteiger partial charge in [-0.05, 0) is 35.6 Å². The number of methoxy groups -OCH3 is 1. The van der Waals surface area contributed by atoms with Crippen molar-refractivity contribution in [3.8, 4) is 11.5 Å². The van der Waals surface area contributed by atoms with Gasteiger partial charge in [0.05, 0.1) is 7.11 Å². The Morgan fingerprint density at radius 2 is 1.85 bits per heavy atom. The van der Waals surface area contributed by atoms with Gasteiger partial charge in [0.2, 0.25) is 0 Å². The molecule has 0 atom stereocenters. The maximum atomic E-state index is 6.45. The van der Waals surface area contributed by atoms with Gasteiger partial charge in [-0.15, -0.1) is 11.3 Å². The van der Waals surface area contributed by atoms with Crippen LogP contribution in [0.1, 0.15) is 21.6 Å². The predicted octanol–water partition coefficient (Wildman–Crippen LogP) is 5.59. The predicted molar refractivity (Wildman–Crippen MR) is 108 cm³/mol. The van der Waals surface area contributed by atoms with Crippen LogP contribution in [0.4, 0.5) is 0 Å². The molecule has 0 amide bonds. The Bertz CT molecular complexity index is 832. The zero-order valence-electron chi connectivity index (χ0n) is 14.9. The maximum absolute atomic E-state index is 6.45. The quantitative estimate of drug-likeness (QED) is 0.546. The van der Waals surface area contributed by atoms with Crippen LogP contribution in [0.3, 0.4) is 0 Å². The second-order valence-electron chi connectivity index (χ2n) is 6.05. The number of benzene rings is 2. The topological polar surface area (TPSA) is 30.5 Å². The van der Waals surface area contributed by atoms with Gasteiger partial charge in [0.25, 0.3) is 0 Å². The van der Waals surface area contributed by atoms with Gasteiger partial charge in [0.1, 0.15) is 6.61 Å². The van der Waals surface area contributed by atoms with Crippen molar-refractivity contribution in [3.05, 3.63) is 80.5 Å². The summed E-state index contributed by atoms with van der Waals surface area (Å²) in [6.07, 6.45) is 0. The Balaban J connectivity index is 1.64. The summed E-state index contributed by atoms with van der Waals surface area (Å²) in [5.41, 5.74) is 3.33. The summed E-state index contributed by atoms with van der Waals surface area (Å²) in [6, 6.07) is 16.2. The smallest absolute Gasteiger partial charge is 0.163 e. The number of aryl methyl sites for hydroxylation is 1. The Morgan fingerprint density at radius 1 is 1.04 bits per heavy atom. The van der Waals surface area contributed by atoms with Gasteiger partial charge in [0.15, 0.2) is 11.5 Å². The van der Waals surface area contributed by atoms with Crippen molar-refractivity contribution in [1.29, 1.82) is 0 Å². The van der Waals surface area contributed by atoms with E-state index in [1.807, 2.05) is 12.1 Å². The maximum Gasteiger partial charge on any atom is 0.163 e. The first-order valence-corrected chi connectivity index (χ1v) is 9.69. The molecule has 0 fully saturated rings. The third kappa shape index (κ3) is 5.01. The molecule has 1 N–H and O–H groups in total. The van der Waals surface area contributed by atoms with Crippen molar-refractivity contribution in [2.24, 2.45) is 0 Å². The van der Waals surface area contributed by atoms with Gasteiger partial charge in [0, 0.05) is 29.1 Å². The third-order valence-electron chi connectivity index (χ3n) is 4.04. The minimum atomic E-state index is 0.475. The molecule has 0 unspecified atom stereocenters. The lowest BCUT2D eigenvalue weighted by molar-refractivity contribution is 0.284. The van der Waals surface area contributed by atoms with Gasteiger partial charge >= 0.3 is 0 Å². The summed E-state index contributed by atoms with van der Waals surface area (Å²) < 4.78 is 11.4. The number of rotatable bonds is 8. The molecular formula is C21H22ClNO2S. The Labute approximate surface area is 163 Å². The number of nitrogens with one attached hydrogen (secondary N) is 1. The standard InChI is InChI=1S/C21H22ClNO2S/c1-15-5-7-16(8-6-15)14-25-21-11-19(22)17(10-20(21)24-2)12-23-13-18-4-3-9-26-18/h3-11,23H,12-14H2,1-2H3. The van der Waals surface area contributed by atoms with Crippen LogP contribution in [0.15, 0.2) is 53.9 Å². The molecule has 0 aliphatic heterocycles. The average Bonchev–Trinajstić information content (AvgIpc) is 3.16.